The van der Waals surface area contributed by atoms with Gasteiger partial charge < -0.3 is 31.3 Å². The van der Waals surface area contributed by atoms with Gasteiger partial charge in [0.25, 0.3) is 0 Å². The van der Waals surface area contributed by atoms with Crippen molar-refractivity contribution in [3.8, 4) is 16.9 Å². The molecule has 38 heavy (non-hydrogen) atoms. The molecule has 0 bridgehead atoms. The summed E-state index contributed by atoms with van der Waals surface area (Å²) in [5.74, 6) is 0.00681. The molecular weight excluding hydrogens is 478 g/mol. The van der Waals surface area contributed by atoms with E-state index in [4.69, 9.17) is 0 Å². The van der Waals surface area contributed by atoms with Crippen LogP contribution in [-0.4, -0.2) is 33.9 Å². The van der Waals surface area contributed by atoms with Gasteiger partial charge in [0.2, 0.25) is 0 Å². The Morgan fingerprint density at radius 1 is 0.868 bits per heavy atom. The van der Waals surface area contributed by atoms with Crippen LogP contribution in [0.3, 0.4) is 0 Å². The summed E-state index contributed by atoms with van der Waals surface area (Å²) in [7, 11) is 0. The number of aromatic hydroxyl groups is 1. The molecule has 4 aromatic rings. The van der Waals surface area contributed by atoms with Gasteiger partial charge in [-0.15, -0.1) is 0 Å². The quantitative estimate of drug-likeness (QED) is 0.170. The molecule has 0 saturated carbocycles. The van der Waals surface area contributed by atoms with E-state index in [-0.39, 0.29) is 24.4 Å². The number of amides is 2. The van der Waals surface area contributed by atoms with Crippen molar-refractivity contribution in [2.45, 2.75) is 32.1 Å². The Morgan fingerprint density at radius 3 is 2.42 bits per heavy atom. The van der Waals surface area contributed by atoms with Gasteiger partial charge in [0.1, 0.15) is 5.75 Å². The maximum atomic E-state index is 12.8. The van der Waals surface area contributed by atoms with Crippen LogP contribution in [0, 0.1) is 0 Å². The Balaban J connectivity index is 1.32. The fourth-order valence-corrected chi connectivity index (χ4v) is 4.32. The van der Waals surface area contributed by atoms with Crippen molar-refractivity contribution in [3.05, 3.63) is 114 Å². The van der Waals surface area contributed by atoms with Gasteiger partial charge in [-0.05, 0) is 60.4 Å². The highest BCUT2D eigenvalue weighted by molar-refractivity contribution is 6.02. The number of para-hydroxylation sites is 1. The highest BCUT2D eigenvalue weighted by Gasteiger charge is 2.13. The van der Waals surface area contributed by atoms with E-state index in [0.29, 0.717) is 29.8 Å². The molecule has 0 fully saturated rings. The first-order valence-corrected chi connectivity index (χ1v) is 12.6. The summed E-state index contributed by atoms with van der Waals surface area (Å²) in [6, 6.07) is 29.7. The van der Waals surface area contributed by atoms with Gasteiger partial charge >= 0.3 is 6.03 Å². The zero-order valence-electron chi connectivity index (χ0n) is 21.3. The van der Waals surface area contributed by atoms with Crippen molar-refractivity contribution < 1.29 is 20.1 Å². The van der Waals surface area contributed by atoms with E-state index in [2.05, 4.69) is 16.0 Å². The lowest BCUT2D eigenvalue weighted by molar-refractivity contribution is 0.170. The molecule has 0 aliphatic heterocycles. The van der Waals surface area contributed by atoms with Gasteiger partial charge in [0, 0.05) is 29.4 Å². The Morgan fingerprint density at radius 2 is 1.63 bits per heavy atom. The standard InChI is InChI=1S/C31H33N3O4/c1-21(32-19-30(37)24-14-15-29(36)25(18-24)20-35)16-22-8-7-11-26(17-22)33-31(38)34-28-13-6-5-12-27(28)23-9-3-2-4-10-23/h2-15,17-18,21,30,32,35-37H,16,19-20H2,1H3,(H2,33,34,38)/t21?,30-/m1/s1. The van der Waals surface area contributed by atoms with E-state index >= 15 is 0 Å². The van der Waals surface area contributed by atoms with Crippen LogP contribution in [0.5, 0.6) is 5.75 Å². The lowest BCUT2D eigenvalue weighted by atomic mass is 10.0. The van der Waals surface area contributed by atoms with Gasteiger partial charge in [-0.2, -0.15) is 0 Å². The Labute approximate surface area is 222 Å². The molecule has 6 N–H and O–H groups in total. The molecule has 1 unspecified atom stereocenters. The van der Waals surface area contributed by atoms with Crippen LogP contribution in [-0.2, 0) is 13.0 Å². The Kier molecular flexibility index (Phi) is 9.11. The molecule has 7 heteroatoms. The molecule has 0 aliphatic rings. The maximum absolute atomic E-state index is 12.8. The van der Waals surface area contributed by atoms with E-state index in [1.54, 1.807) is 12.1 Å². The number of anilines is 2. The fourth-order valence-electron chi connectivity index (χ4n) is 4.32. The monoisotopic (exact) mass is 511 g/mol. The van der Waals surface area contributed by atoms with Crippen LogP contribution in [0.4, 0.5) is 16.2 Å². The number of carbonyl (C=O) groups is 1. The second-order valence-electron chi connectivity index (χ2n) is 9.27. The molecule has 0 aliphatic carbocycles. The van der Waals surface area contributed by atoms with Crippen molar-refractivity contribution in [2.75, 3.05) is 17.2 Å². The average Bonchev–Trinajstić information content (AvgIpc) is 2.93. The van der Waals surface area contributed by atoms with E-state index in [1.807, 2.05) is 85.8 Å². The zero-order chi connectivity index (χ0) is 26.9. The number of rotatable bonds is 10. The third-order valence-corrected chi connectivity index (χ3v) is 6.31. The van der Waals surface area contributed by atoms with Gasteiger partial charge in [0.15, 0.2) is 0 Å². The summed E-state index contributed by atoms with van der Waals surface area (Å²) in [6.07, 6.45) is -0.0863. The predicted octanol–water partition coefficient (Wildman–Crippen LogP) is 5.45. The molecular formula is C31H33N3O4. The topological polar surface area (TPSA) is 114 Å². The third kappa shape index (κ3) is 7.20. The van der Waals surface area contributed by atoms with Crippen molar-refractivity contribution >= 4 is 17.4 Å². The van der Waals surface area contributed by atoms with Gasteiger partial charge in [-0.3, -0.25) is 0 Å². The maximum Gasteiger partial charge on any atom is 0.323 e. The minimum absolute atomic E-state index is 0.00681. The SMILES string of the molecule is CC(Cc1cccc(NC(=O)Nc2ccccc2-c2ccccc2)c1)NC[C@@H](O)c1ccc(O)c(CO)c1. The smallest absolute Gasteiger partial charge is 0.323 e. The molecule has 0 spiro atoms. The normalized spacial score (nSPS) is 12.5. The molecule has 4 aromatic carbocycles. The number of nitrogens with one attached hydrogen (secondary N) is 3. The number of urea groups is 1. The molecule has 0 heterocycles. The van der Waals surface area contributed by atoms with Crippen LogP contribution < -0.4 is 16.0 Å². The number of carbonyl (C=O) groups excluding carboxylic acids is 1. The highest BCUT2D eigenvalue weighted by Crippen LogP contribution is 2.28. The summed E-state index contributed by atoms with van der Waals surface area (Å²) in [5.41, 5.74) is 5.42. The largest absolute Gasteiger partial charge is 0.508 e. The molecule has 2 amide bonds. The van der Waals surface area contributed by atoms with Crippen molar-refractivity contribution in [2.24, 2.45) is 0 Å². The van der Waals surface area contributed by atoms with E-state index in [1.165, 1.54) is 6.07 Å². The molecule has 4 rings (SSSR count). The fraction of sp³-hybridized carbons (Fsp3) is 0.194. The Bertz CT molecular complexity index is 1360. The summed E-state index contributed by atoms with van der Waals surface area (Å²) < 4.78 is 0. The summed E-state index contributed by atoms with van der Waals surface area (Å²) in [6.45, 7) is 2.05. The third-order valence-electron chi connectivity index (χ3n) is 6.31. The van der Waals surface area contributed by atoms with Gasteiger partial charge in [-0.25, -0.2) is 4.79 Å². The molecule has 0 aromatic heterocycles. The van der Waals surface area contributed by atoms with Gasteiger partial charge in [0.05, 0.1) is 18.4 Å². The first kappa shape index (κ1) is 26.9. The van der Waals surface area contributed by atoms with E-state index < -0.39 is 6.10 Å². The van der Waals surface area contributed by atoms with Crippen LogP contribution in [0.1, 0.15) is 29.7 Å². The molecule has 2 atom stereocenters. The average molecular weight is 512 g/mol. The first-order valence-electron chi connectivity index (χ1n) is 12.6. The number of phenols is 1. The molecule has 7 nitrogen and oxygen atoms in total. The van der Waals surface area contributed by atoms with Crippen molar-refractivity contribution in [1.29, 1.82) is 0 Å². The molecule has 0 saturated heterocycles. The number of hydrogen-bond donors (Lipinski definition) is 6. The van der Waals surface area contributed by atoms with Crippen LogP contribution in [0.15, 0.2) is 97.1 Å². The number of benzene rings is 4. The lowest BCUT2D eigenvalue weighted by Crippen LogP contribution is -2.32. The summed E-state index contributed by atoms with van der Waals surface area (Å²) >= 11 is 0. The molecule has 196 valence electrons. The predicted molar refractivity (Wildman–Crippen MR) is 151 cm³/mol. The first-order chi connectivity index (χ1) is 18.4. The lowest BCUT2D eigenvalue weighted by Gasteiger charge is -2.18. The zero-order valence-corrected chi connectivity index (χ0v) is 21.3. The minimum atomic E-state index is -0.779. The Hall–Kier alpha value is -4.17. The van der Waals surface area contributed by atoms with E-state index in [0.717, 1.165) is 22.4 Å². The van der Waals surface area contributed by atoms with E-state index in [9.17, 15) is 20.1 Å². The number of aliphatic hydroxyl groups is 2. The summed E-state index contributed by atoms with van der Waals surface area (Å²) in [4.78, 5) is 12.8. The van der Waals surface area contributed by atoms with Gasteiger partial charge in [-0.1, -0.05) is 66.7 Å². The van der Waals surface area contributed by atoms with Crippen LogP contribution in [0.25, 0.3) is 11.1 Å². The molecule has 0 radical (unpaired) electrons. The minimum Gasteiger partial charge on any atom is -0.508 e. The van der Waals surface area contributed by atoms with Crippen molar-refractivity contribution in [3.63, 3.8) is 0 Å². The summed E-state index contributed by atoms with van der Waals surface area (Å²) in [5, 5.41) is 38.8. The number of aliphatic hydroxyl groups excluding tert-OH is 2. The van der Waals surface area contributed by atoms with Crippen LogP contribution in [0.2, 0.25) is 0 Å². The second kappa shape index (κ2) is 12.9. The number of hydrogen-bond acceptors (Lipinski definition) is 5. The highest BCUT2D eigenvalue weighted by atomic mass is 16.3. The van der Waals surface area contributed by atoms with Crippen molar-refractivity contribution in [1.82, 2.24) is 5.32 Å². The second-order valence-corrected chi connectivity index (χ2v) is 9.27. The van der Waals surface area contributed by atoms with Crippen LogP contribution >= 0.6 is 0 Å².